The van der Waals surface area contributed by atoms with Crippen LogP contribution >= 0.6 is 0 Å². The molecule has 2 N–H and O–H groups in total. The predicted molar refractivity (Wildman–Crippen MR) is 120 cm³/mol. The van der Waals surface area contributed by atoms with Gasteiger partial charge in [-0.3, -0.25) is 4.55 Å². The van der Waals surface area contributed by atoms with Crippen LogP contribution in [0.5, 0.6) is 0 Å². The second-order valence-corrected chi connectivity index (χ2v) is 10.4. The van der Waals surface area contributed by atoms with Crippen LogP contribution in [0.1, 0.15) is 136 Å². The molecular weight excluding hydrogens is 372 g/mol. The quantitative estimate of drug-likeness (QED) is 0.154. The van der Waals surface area contributed by atoms with Gasteiger partial charge in [0.2, 0.25) is 0 Å². The smallest absolute Gasteiger partial charge is 0.267 e. The fraction of sp³-hybridized carbons (Fsp3) is 1.00. The van der Waals surface area contributed by atoms with Crippen molar-refractivity contribution in [2.75, 3.05) is 0 Å². The molecule has 0 saturated carbocycles. The molecule has 0 aliphatic rings. The summed E-state index contributed by atoms with van der Waals surface area (Å²) in [6.45, 7) is 4.03. The van der Waals surface area contributed by atoms with Gasteiger partial charge in [-0.05, 0) is 26.2 Å². The van der Waals surface area contributed by atoms with Crippen molar-refractivity contribution >= 4 is 10.1 Å². The monoisotopic (exact) mass is 420 g/mol. The Hall–Kier alpha value is -0.130. The van der Waals surface area contributed by atoms with E-state index in [1.54, 1.807) is 0 Å². The van der Waals surface area contributed by atoms with Crippen molar-refractivity contribution in [3.63, 3.8) is 0 Å². The molecule has 2 unspecified atom stereocenters. The van der Waals surface area contributed by atoms with E-state index in [1.807, 2.05) is 6.92 Å². The van der Waals surface area contributed by atoms with Gasteiger partial charge < -0.3 is 5.11 Å². The maximum Gasteiger partial charge on any atom is 0.267 e. The Morgan fingerprint density at radius 1 is 0.607 bits per heavy atom. The lowest BCUT2D eigenvalue weighted by Gasteiger charge is -2.13. The molecule has 4 nitrogen and oxygen atoms in total. The third kappa shape index (κ3) is 19.2. The maximum atomic E-state index is 11.6. The minimum absolute atomic E-state index is 0.154. The molecule has 0 aromatic heterocycles. The third-order valence-corrected chi connectivity index (χ3v) is 7.01. The van der Waals surface area contributed by atoms with Crippen LogP contribution in [0.25, 0.3) is 0 Å². The molecule has 5 heteroatoms. The van der Waals surface area contributed by atoms with E-state index in [2.05, 4.69) is 6.92 Å². The Balaban J connectivity index is 3.54. The van der Waals surface area contributed by atoms with Crippen molar-refractivity contribution in [3.05, 3.63) is 0 Å². The largest absolute Gasteiger partial charge is 0.393 e. The summed E-state index contributed by atoms with van der Waals surface area (Å²) in [6, 6.07) is 0. The van der Waals surface area contributed by atoms with Gasteiger partial charge in [-0.1, -0.05) is 110 Å². The molecule has 0 aromatic carbocycles. The van der Waals surface area contributed by atoms with E-state index in [0.717, 1.165) is 44.9 Å². The lowest BCUT2D eigenvalue weighted by Crippen LogP contribution is -2.20. The number of hydrogen-bond acceptors (Lipinski definition) is 3. The van der Waals surface area contributed by atoms with E-state index >= 15 is 0 Å². The summed E-state index contributed by atoms with van der Waals surface area (Å²) in [7, 11) is -3.89. The number of rotatable bonds is 21. The number of hydrogen-bond donors (Lipinski definition) is 2. The van der Waals surface area contributed by atoms with E-state index in [0.29, 0.717) is 12.8 Å². The Morgan fingerprint density at radius 2 is 0.929 bits per heavy atom. The zero-order valence-corrected chi connectivity index (χ0v) is 19.5. The molecule has 0 bridgehead atoms. The summed E-state index contributed by atoms with van der Waals surface area (Å²) in [6.07, 6.45) is 20.7. The van der Waals surface area contributed by atoms with Crippen LogP contribution in [-0.4, -0.2) is 29.4 Å². The molecular formula is C23H48O4S. The fourth-order valence-corrected chi connectivity index (χ4v) is 4.75. The van der Waals surface area contributed by atoms with Crippen LogP contribution < -0.4 is 0 Å². The van der Waals surface area contributed by atoms with E-state index in [9.17, 15) is 18.1 Å². The van der Waals surface area contributed by atoms with Crippen LogP contribution in [0.3, 0.4) is 0 Å². The van der Waals surface area contributed by atoms with Gasteiger partial charge in [-0.2, -0.15) is 8.42 Å². The molecule has 28 heavy (non-hydrogen) atoms. The van der Waals surface area contributed by atoms with Crippen molar-refractivity contribution < 1.29 is 18.1 Å². The lowest BCUT2D eigenvalue weighted by atomic mass is 10.0. The van der Waals surface area contributed by atoms with Gasteiger partial charge in [0.15, 0.2) is 0 Å². The summed E-state index contributed by atoms with van der Waals surface area (Å²) in [5.74, 6) is 0. The normalized spacial score (nSPS) is 14.3. The summed E-state index contributed by atoms with van der Waals surface area (Å²) in [5, 5.41) is 8.66. The molecule has 2 atom stereocenters. The average Bonchev–Trinajstić information content (AvgIpc) is 2.62. The topological polar surface area (TPSA) is 74.6 Å². The second kappa shape index (κ2) is 18.9. The molecule has 0 rings (SSSR count). The average molecular weight is 421 g/mol. The van der Waals surface area contributed by atoms with Crippen molar-refractivity contribution in [2.45, 2.75) is 147 Å². The van der Waals surface area contributed by atoms with Gasteiger partial charge in [-0.25, -0.2) is 0 Å². The molecule has 0 amide bonds. The molecule has 170 valence electrons. The van der Waals surface area contributed by atoms with Gasteiger partial charge in [0.05, 0.1) is 11.4 Å². The third-order valence-electron chi connectivity index (χ3n) is 5.70. The van der Waals surface area contributed by atoms with Gasteiger partial charge in [-0.15, -0.1) is 0 Å². The van der Waals surface area contributed by atoms with Crippen molar-refractivity contribution in [1.82, 2.24) is 0 Å². The zero-order chi connectivity index (χ0) is 21.1. The van der Waals surface area contributed by atoms with Gasteiger partial charge in [0.1, 0.15) is 0 Å². The van der Waals surface area contributed by atoms with Gasteiger partial charge in [0.25, 0.3) is 10.1 Å². The molecule has 0 aromatic rings. The van der Waals surface area contributed by atoms with E-state index in [1.165, 1.54) is 64.2 Å². The van der Waals surface area contributed by atoms with Crippen molar-refractivity contribution in [2.24, 2.45) is 0 Å². The summed E-state index contributed by atoms with van der Waals surface area (Å²) < 4.78 is 32.6. The molecule has 0 aliphatic carbocycles. The number of aliphatic hydroxyl groups is 1. The van der Waals surface area contributed by atoms with Gasteiger partial charge in [0, 0.05) is 0 Å². The zero-order valence-electron chi connectivity index (χ0n) is 18.7. The minimum Gasteiger partial charge on any atom is -0.393 e. The number of unbranched alkanes of at least 4 members (excludes halogenated alkanes) is 14. The fourth-order valence-electron chi connectivity index (χ4n) is 3.82. The Kier molecular flexibility index (Phi) is 18.8. The second-order valence-electron chi connectivity index (χ2n) is 8.66. The van der Waals surface area contributed by atoms with E-state index in [4.69, 9.17) is 0 Å². The van der Waals surface area contributed by atoms with Crippen LogP contribution in [0.4, 0.5) is 0 Å². The highest BCUT2D eigenvalue weighted by Gasteiger charge is 2.21. The number of aliphatic hydroxyl groups excluding tert-OH is 1. The maximum absolute atomic E-state index is 11.6. The molecule has 0 saturated heterocycles. The van der Waals surface area contributed by atoms with Crippen LogP contribution in [0, 0.1) is 0 Å². The Labute approximate surface area is 175 Å². The SMILES string of the molecule is CCCCCCCC(CCCCCCCCCCCCCC(C)O)S(=O)(=O)O. The first kappa shape index (κ1) is 27.9. The van der Waals surface area contributed by atoms with E-state index in [-0.39, 0.29) is 6.10 Å². The predicted octanol–water partition coefficient (Wildman–Crippen LogP) is 7.06. The first-order valence-electron chi connectivity index (χ1n) is 12.0. The Morgan fingerprint density at radius 3 is 1.25 bits per heavy atom. The highest BCUT2D eigenvalue weighted by molar-refractivity contribution is 7.86. The molecule has 0 radical (unpaired) electrons. The van der Waals surface area contributed by atoms with E-state index < -0.39 is 15.4 Å². The standard InChI is InChI=1S/C23H48O4S/c1-3-4-5-13-17-20-23(28(25,26)27)21-18-15-12-10-8-6-7-9-11-14-16-19-22(2)24/h22-24H,3-21H2,1-2H3,(H,25,26,27). The molecule has 0 spiro atoms. The highest BCUT2D eigenvalue weighted by atomic mass is 32.2. The van der Waals surface area contributed by atoms with Gasteiger partial charge >= 0.3 is 0 Å². The van der Waals surface area contributed by atoms with Crippen LogP contribution in [0.15, 0.2) is 0 Å². The van der Waals surface area contributed by atoms with Crippen molar-refractivity contribution in [1.29, 1.82) is 0 Å². The first-order valence-corrected chi connectivity index (χ1v) is 13.5. The lowest BCUT2D eigenvalue weighted by molar-refractivity contribution is 0.180. The van der Waals surface area contributed by atoms with Crippen molar-refractivity contribution in [3.8, 4) is 0 Å². The summed E-state index contributed by atoms with van der Waals surface area (Å²) in [4.78, 5) is 0. The molecule has 0 fully saturated rings. The first-order chi connectivity index (χ1) is 13.4. The minimum atomic E-state index is -3.89. The summed E-state index contributed by atoms with van der Waals surface area (Å²) in [5.41, 5.74) is 0. The van der Waals surface area contributed by atoms with Crippen LogP contribution in [0.2, 0.25) is 0 Å². The molecule has 0 aliphatic heterocycles. The summed E-state index contributed by atoms with van der Waals surface area (Å²) >= 11 is 0. The molecule has 0 heterocycles. The Bertz CT molecular complexity index is 420. The van der Waals surface area contributed by atoms with Crippen LogP contribution in [-0.2, 0) is 10.1 Å². The highest BCUT2D eigenvalue weighted by Crippen LogP contribution is 2.19.